The molecule has 0 aromatic heterocycles. The van der Waals surface area contributed by atoms with Crippen molar-refractivity contribution in [1.82, 2.24) is 0 Å². The Balaban J connectivity index is 1.90. The number of halogens is 2. The van der Waals surface area contributed by atoms with Gasteiger partial charge in [0.1, 0.15) is 5.75 Å². The number of carbonyl (C=O) groups is 2. The van der Waals surface area contributed by atoms with E-state index in [2.05, 4.69) is 0 Å². The maximum absolute atomic E-state index is 11.9. The summed E-state index contributed by atoms with van der Waals surface area (Å²) in [5.74, 6) is -0.267. The highest BCUT2D eigenvalue weighted by Gasteiger charge is 2.24. The third-order valence-electron chi connectivity index (χ3n) is 2.74. The van der Waals surface area contributed by atoms with Crippen molar-refractivity contribution in [2.75, 3.05) is 11.5 Å². The number of carbonyl (C=O) groups excluding carboxylic acids is 2. The van der Waals surface area contributed by atoms with Crippen LogP contribution in [-0.2, 0) is 9.59 Å². The Morgan fingerprint density at radius 1 is 1.05 bits per heavy atom. The lowest BCUT2D eigenvalue weighted by Gasteiger charge is -2.14. The van der Waals surface area contributed by atoms with Crippen LogP contribution in [0.1, 0.15) is 12.8 Å². The summed E-state index contributed by atoms with van der Waals surface area (Å²) in [4.78, 5) is 24.0. The van der Waals surface area contributed by atoms with Crippen LogP contribution in [0.3, 0.4) is 0 Å². The average Bonchev–Trinajstić information content (AvgIpc) is 2.75. The molecule has 106 valence electrons. The van der Waals surface area contributed by atoms with Gasteiger partial charge in [-0.3, -0.25) is 9.59 Å². The summed E-state index contributed by atoms with van der Waals surface area (Å²) in [5.41, 5.74) is 0.449. The largest absolute Gasteiger partial charge is 0.494 e. The first-order chi connectivity index (χ1) is 9.58. The van der Waals surface area contributed by atoms with Gasteiger partial charge >= 0.3 is 0 Å². The van der Waals surface area contributed by atoms with Gasteiger partial charge in [0.15, 0.2) is 0 Å². The molecule has 0 aliphatic carbocycles. The molecule has 4 nitrogen and oxygen atoms in total. The molecule has 0 spiro atoms. The predicted octanol–water partition coefficient (Wildman–Crippen LogP) is 2.54. The summed E-state index contributed by atoms with van der Waals surface area (Å²) < 4.78 is 29.1. The molecule has 2 amide bonds. The highest BCUT2D eigenvalue weighted by molar-refractivity contribution is 6.28. The monoisotopic (exact) mass is 281 g/mol. The minimum atomic E-state index is -2.32. The maximum Gasteiger partial charge on any atom is 0.258 e. The first-order valence-electron chi connectivity index (χ1n) is 6.15. The zero-order chi connectivity index (χ0) is 14.5. The third kappa shape index (κ3) is 3.40. The van der Waals surface area contributed by atoms with Crippen molar-refractivity contribution >= 4 is 17.5 Å². The number of ether oxygens (including phenoxy) is 1. The summed E-state index contributed by atoms with van der Waals surface area (Å²) in [7, 11) is 0. The van der Waals surface area contributed by atoms with Crippen molar-refractivity contribution in [3.8, 4) is 5.75 Å². The van der Waals surface area contributed by atoms with Crippen LogP contribution in [0, 0.1) is 0 Å². The Labute approximate surface area is 114 Å². The molecule has 1 aliphatic rings. The summed E-state index contributed by atoms with van der Waals surface area (Å²) in [6.45, 7) is 0.201. The quantitative estimate of drug-likeness (QED) is 0.594. The molecule has 1 aromatic rings. The fourth-order valence-corrected chi connectivity index (χ4v) is 1.77. The van der Waals surface area contributed by atoms with Gasteiger partial charge in [0.25, 0.3) is 11.8 Å². The zero-order valence-corrected chi connectivity index (χ0v) is 10.6. The molecule has 0 bridgehead atoms. The molecule has 1 aromatic carbocycles. The molecule has 1 aliphatic heterocycles. The molecular weight excluding hydrogens is 268 g/mol. The van der Waals surface area contributed by atoms with Crippen LogP contribution in [0.2, 0.25) is 0 Å². The molecule has 0 atom stereocenters. The fraction of sp³-hybridized carbons (Fsp3) is 0.286. The summed E-state index contributed by atoms with van der Waals surface area (Å²) in [6, 6.07) is 6.34. The van der Waals surface area contributed by atoms with Crippen molar-refractivity contribution in [3.63, 3.8) is 0 Å². The van der Waals surface area contributed by atoms with Gasteiger partial charge in [0.2, 0.25) is 6.43 Å². The molecule has 0 saturated heterocycles. The predicted molar refractivity (Wildman–Crippen MR) is 68.8 cm³/mol. The van der Waals surface area contributed by atoms with Gasteiger partial charge in [-0.05, 0) is 30.7 Å². The number of anilines is 1. The molecule has 6 heteroatoms. The molecule has 0 unspecified atom stereocenters. The minimum absolute atomic E-state index is 0.194. The summed E-state index contributed by atoms with van der Waals surface area (Å²) >= 11 is 0. The highest BCUT2D eigenvalue weighted by Crippen LogP contribution is 2.22. The van der Waals surface area contributed by atoms with Crippen LogP contribution >= 0.6 is 0 Å². The lowest BCUT2D eigenvalue weighted by atomic mass is 10.2. The van der Waals surface area contributed by atoms with Crippen LogP contribution in [-0.4, -0.2) is 24.8 Å². The number of benzene rings is 1. The van der Waals surface area contributed by atoms with E-state index in [1.54, 1.807) is 24.3 Å². The minimum Gasteiger partial charge on any atom is -0.494 e. The molecule has 0 N–H and O–H groups in total. The van der Waals surface area contributed by atoms with Crippen molar-refractivity contribution in [2.24, 2.45) is 0 Å². The molecule has 1 heterocycles. The SMILES string of the molecule is O=C1C=CC(=O)N1c1ccc(OCCCC(F)F)cc1. The standard InChI is InChI=1S/C14H13F2NO3/c15-12(16)2-1-9-20-11-5-3-10(4-6-11)17-13(18)7-8-14(17)19/h3-8,12H,1-2,9H2. The molecule has 2 rings (SSSR count). The number of amides is 2. The van der Waals surface area contributed by atoms with Gasteiger partial charge in [-0.15, -0.1) is 0 Å². The second kappa shape index (κ2) is 6.27. The van der Waals surface area contributed by atoms with E-state index in [1.807, 2.05) is 0 Å². The van der Waals surface area contributed by atoms with Gasteiger partial charge in [0, 0.05) is 18.6 Å². The average molecular weight is 281 g/mol. The highest BCUT2D eigenvalue weighted by atomic mass is 19.3. The van der Waals surface area contributed by atoms with Crippen molar-refractivity contribution < 1.29 is 23.1 Å². The third-order valence-corrected chi connectivity index (χ3v) is 2.74. The fourth-order valence-electron chi connectivity index (χ4n) is 1.77. The van der Waals surface area contributed by atoms with Crippen LogP contribution in [0.25, 0.3) is 0 Å². The second-order valence-corrected chi connectivity index (χ2v) is 4.22. The first kappa shape index (κ1) is 14.2. The van der Waals surface area contributed by atoms with E-state index in [9.17, 15) is 18.4 Å². The van der Waals surface area contributed by atoms with E-state index >= 15 is 0 Å². The topological polar surface area (TPSA) is 46.6 Å². The molecule has 0 fully saturated rings. The molecular formula is C14H13F2NO3. The summed E-state index contributed by atoms with van der Waals surface area (Å²) in [6.07, 6.45) is 0.168. The van der Waals surface area contributed by atoms with Crippen LogP contribution in [0.5, 0.6) is 5.75 Å². The number of hydrogen-bond donors (Lipinski definition) is 0. The number of imide groups is 1. The molecule has 0 radical (unpaired) electrons. The maximum atomic E-state index is 11.9. The second-order valence-electron chi connectivity index (χ2n) is 4.22. The van der Waals surface area contributed by atoms with E-state index in [-0.39, 0.29) is 31.3 Å². The number of alkyl halides is 2. The van der Waals surface area contributed by atoms with Gasteiger partial charge in [-0.2, -0.15) is 0 Å². The smallest absolute Gasteiger partial charge is 0.258 e. The first-order valence-corrected chi connectivity index (χ1v) is 6.15. The van der Waals surface area contributed by atoms with Gasteiger partial charge in [-0.25, -0.2) is 13.7 Å². The van der Waals surface area contributed by atoms with Crippen molar-refractivity contribution in [2.45, 2.75) is 19.3 Å². The van der Waals surface area contributed by atoms with E-state index in [1.165, 1.54) is 12.2 Å². The zero-order valence-electron chi connectivity index (χ0n) is 10.6. The van der Waals surface area contributed by atoms with E-state index in [0.717, 1.165) is 4.90 Å². The number of nitrogens with zero attached hydrogens (tertiary/aromatic N) is 1. The lowest BCUT2D eigenvalue weighted by Crippen LogP contribution is -2.29. The molecule has 0 saturated carbocycles. The van der Waals surface area contributed by atoms with Gasteiger partial charge in [0.05, 0.1) is 12.3 Å². The van der Waals surface area contributed by atoms with Gasteiger partial charge < -0.3 is 4.74 Å². The Morgan fingerprint density at radius 3 is 2.20 bits per heavy atom. The van der Waals surface area contributed by atoms with Crippen LogP contribution < -0.4 is 9.64 Å². The van der Waals surface area contributed by atoms with Gasteiger partial charge in [-0.1, -0.05) is 0 Å². The van der Waals surface area contributed by atoms with Crippen LogP contribution in [0.4, 0.5) is 14.5 Å². The van der Waals surface area contributed by atoms with E-state index in [0.29, 0.717) is 11.4 Å². The summed E-state index contributed by atoms with van der Waals surface area (Å²) in [5, 5.41) is 0. The number of hydrogen-bond acceptors (Lipinski definition) is 3. The lowest BCUT2D eigenvalue weighted by molar-refractivity contribution is -0.119. The Bertz CT molecular complexity index is 508. The number of rotatable bonds is 6. The Hall–Kier alpha value is -2.24. The van der Waals surface area contributed by atoms with Crippen molar-refractivity contribution in [3.05, 3.63) is 36.4 Å². The van der Waals surface area contributed by atoms with Crippen LogP contribution in [0.15, 0.2) is 36.4 Å². The Kier molecular flexibility index (Phi) is 4.45. The van der Waals surface area contributed by atoms with E-state index in [4.69, 9.17) is 4.74 Å². The van der Waals surface area contributed by atoms with E-state index < -0.39 is 6.43 Å². The normalized spacial score (nSPS) is 14.4. The van der Waals surface area contributed by atoms with Crippen molar-refractivity contribution in [1.29, 1.82) is 0 Å². The Morgan fingerprint density at radius 2 is 1.65 bits per heavy atom. The molecule has 20 heavy (non-hydrogen) atoms.